The molecule has 0 aromatic heterocycles. The van der Waals surface area contributed by atoms with Gasteiger partial charge in [-0.1, -0.05) is 6.92 Å². The zero-order valence-electron chi connectivity index (χ0n) is 7.36. The number of hydrogen-bond donors (Lipinski definition) is 3. The number of aliphatic hydroxyl groups excluding tert-OH is 2. The molecular weight excluding hydrogens is 158 g/mol. The summed E-state index contributed by atoms with van der Waals surface area (Å²) in [6.45, 7) is 3.40. The first-order valence-corrected chi connectivity index (χ1v) is 4.41. The number of rotatable bonds is 4. The van der Waals surface area contributed by atoms with Crippen molar-refractivity contribution >= 4 is 0 Å². The van der Waals surface area contributed by atoms with E-state index in [2.05, 4.69) is 5.32 Å². The molecule has 4 nitrogen and oxygen atoms in total. The fourth-order valence-corrected chi connectivity index (χ4v) is 1.17. The third kappa shape index (κ3) is 2.71. The molecule has 0 spiro atoms. The molecule has 3 N–H and O–H groups in total. The van der Waals surface area contributed by atoms with Crippen LogP contribution in [0.2, 0.25) is 0 Å². The van der Waals surface area contributed by atoms with E-state index in [9.17, 15) is 10.2 Å². The molecule has 12 heavy (non-hydrogen) atoms. The standard InChI is InChI=1S/C8H17NO3/c1-2-6(10)3-9-7-4-12-5-8(7)11/h6-11H,2-5H2,1H3. The largest absolute Gasteiger partial charge is 0.392 e. The third-order valence-electron chi connectivity index (χ3n) is 2.14. The van der Waals surface area contributed by atoms with Crippen LogP contribution in [0.3, 0.4) is 0 Å². The molecule has 3 atom stereocenters. The summed E-state index contributed by atoms with van der Waals surface area (Å²) in [7, 11) is 0. The monoisotopic (exact) mass is 175 g/mol. The van der Waals surface area contributed by atoms with Crippen LogP contribution in [-0.2, 0) is 4.74 Å². The molecule has 4 heteroatoms. The van der Waals surface area contributed by atoms with Crippen molar-refractivity contribution in [3.05, 3.63) is 0 Å². The summed E-state index contributed by atoms with van der Waals surface area (Å²) in [5, 5.41) is 21.6. The van der Waals surface area contributed by atoms with Crippen molar-refractivity contribution in [2.45, 2.75) is 31.6 Å². The highest BCUT2D eigenvalue weighted by atomic mass is 16.5. The molecule has 0 aliphatic carbocycles. The van der Waals surface area contributed by atoms with Crippen LogP contribution in [0.15, 0.2) is 0 Å². The Hall–Kier alpha value is -0.160. The Balaban J connectivity index is 2.13. The Bertz CT molecular complexity index is 131. The van der Waals surface area contributed by atoms with Crippen LogP contribution in [0.4, 0.5) is 0 Å². The van der Waals surface area contributed by atoms with Gasteiger partial charge in [-0.3, -0.25) is 0 Å². The van der Waals surface area contributed by atoms with Crippen molar-refractivity contribution in [1.29, 1.82) is 0 Å². The molecule has 0 radical (unpaired) electrons. The Morgan fingerprint density at radius 1 is 1.58 bits per heavy atom. The number of hydrogen-bond acceptors (Lipinski definition) is 4. The molecule has 1 aliphatic heterocycles. The zero-order chi connectivity index (χ0) is 8.97. The molecule has 0 amide bonds. The third-order valence-corrected chi connectivity index (χ3v) is 2.14. The van der Waals surface area contributed by atoms with Gasteiger partial charge in [-0.25, -0.2) is 0 Å². The van der Waals surface area contributed by atoms with E-state index in [0.717, 1.165) is 6.42 Å². The lowest BCUT2D eigenvalue weighted by molar-refractivity contribution is 0.117. The predicted octanol–water partition coefficient (Wildman–Crippen LogP) is -0.893. The maximum Gasteiger partial charge on any atom is 0.0948 e. The molecule has 0 saturated carbocycles. The summed E-state index contributed by atoms with van der Waals surface area (Å²) >= 11 is 0. The van der Waals surface area contributed by atoms with Crippen molar-refractivity contribution < 1.29 is 14.9 Å². The topological polar surface area (TPSA) is 61.7 Å². The number of aliphatic hydroxyl groups is 2. The van der Waals surface area contributed by atoms with E-state index in [0.29, 0.717) is 19.8 Å². The molecule has 0 bridgehead atoms. The molecule has 1 heterocycles. The minimum absolute atomic E-state index is 0.00815. The highest BCUT2D eigenvalue weighted by molar-refractivity contribution is 4.81. The van der Waals surface area contributed by atoms with Gasteiger partial charge in [-0.05, 0) is 6.42 Å². The van der Waals surface area contributed by atoms with Gasteiger partial charge < -0.3 is 20.3 Å². The maximum absolute atomic E-state index is 9.31. The normalized spacial score (nSPS) is 32.2. The van der Waals surface area contributed by atoms with Crippen molar-refractivity contribution in [1.82, 2.24) is 5.32 Å². The minimum Gasteiger partial charge on any atom is -0.392 e. The average Bonchev–Trinajstić information content (AvgIpc) is 2.47. The van der Waals surface area contributed by atoms with E-state index in [1.165, 1.54) is 0 Å². The van der Waals surface area contributed by atoms with Gasteiger partial charge in [0.2, 0.25) is 0 Å². The highest BCUT2D eigenvalue weighted by Gasteiger charge is 2.25. The second kappa shape index (κ2) is 4.77. The van der Waals surface area contributed by atoms with Crippen molar-refractivity contribution in [3.8, 4) is 0 Å². The fraction of sp³-hybridized carbons (Fsp3) is 1.00. The smallest absolute Gasteiger partial charge is 0.0948 e. The lowest BCUT2D eigenvalue weighted by Gasteiger charge is -2.16. The van der Waals surface area contributed by atoms with Crippen molar-refractivity contribution in [3.63, 3.8) is 0 Å². The summed E-state index contributed by atoms with van der Waals surface area (Å²) < 4.78 is 5.04. The molecule has 0 aromatic carbocycles. The van der Waals surface area contributed by atoms with E-state index < -0.39 is 6.10 Å². The van der Waals surface area contributed by atoms with E-state index in [-0.39, 0.29) is 12.1 Å². The van der Waals surface area contributed by atoms with E-state index >= 15 is 0 Å². The molecular formula is C8H17NO3. The quantitative estimate of drug-likeness (QED) is 0.518. The van der Waals surface area contributed by atoms with Crippen molar-refractivity contribution in [2.24, 2.45) is 0 Å². The van der Waals surface area contributed by atoms with Crippen LogP contribution in [-0.4, -0.2) is 48.2 Å². The molecule has 1 aliphatic rings. The minimum atomic E-state index is -0.422. The Morgan fingerprint density at radius 2 is 2.33 bits per heavy atom. The molecule has 1 fully saturated rings. The molecule has 72 valence electrons. The Labute approximate surface area is 72.5 Å². The summed E-state index contributed by atoms with van der Waals surface area (Å²) in [6.07, 6.45) is -0.0108. The van der Waals surface area contributed by atoms with Crippen LogP contribution in [0.5, 0.6) is 0 Å². The van der Waals surface area contributed by atoms with E-state index in [4.69, 9.17) is 4.74 Å². The van der Waals surface area contributed by atoms with Gasteiger partial charge in [0.05, 0.1) is 31.5 Å². The lowest BCUT2D eigenvalue weighted by Crippen LogP contribution is -2.42. The SMILES string of the molecule is CCC(O)CNC1COCC1O. The first kappa shape index (κ1) is 9.92. The second-order valence-corrected chi connectivity index (χ2v) is 3.18. The van der Waals surface area contributed by atoms with E-state index in [1.54, 1.807) is 0 Å². The summed E-state index contributed by atoms with van der Waals surface area (Å²) in [6, 6.07) is -0.00815. The highest BCUT2D eigenvalue weighted by Crippen LogP contribution is 2.04. The maximum atomic E-state index is 9.31. The number of ether oxygens (including phenoxy) is 1. The van der Waals surface area contributed by atoms with Crippen LogP contribution >= 0.6 is 0 Å². The summed E-state index contributed by atoms with van der Waals surface area (Å²) in [5.41, 5.74) is 0. The first-order chi connectivity index (χ1) is 5.74. The lowest BCUT2D eigenvalue weighted by atomic mass is 10.2. The molecule has 1 saturated heterocycles. The first-order valence-electron chi connectivity index (χ1n) is 4.41. The molecule has 0 aromatic rings. The van der Waals surface area contributed by atoms with Crippen molar-refractivity contribution in [2.75, 3.05) is 19.8 Å². The Kier molecular flexibility index (Phi) is 3.94. The molecule has 1 rings (SSSR count). The number of nitrogens with one attached hydrogen (secondary N) is 1. The zero-order valence-corrected chi connectivity index (χ0v) is 7.36. The van der Waals surface area contributed by atoms with Gasteiger partial charge >= 0.3 is 0 Å². The van der Waals surface area contributed by atoms with Crippen LogP contribution in [0.1, 0.15) is 13.3 Å². The Morgan fingerprint density at radius 3 is 2.83 bits per heavy atom. The van der Waals surface area contributed by atoms with Gasteiger partial charge in [-0.15, -0.1) is 0 Å². The van der Waals surface area contributed by atoms with Crippen LogP contribution < -0.4 is 5.32 Å². The van der Waals surface area contributed by atoms with Crippen LogP contribution in [0, 0.1) is 0 Å². The van der Waals surface area contributed by atoms with E-state index in [1.807, 2.05) is 6.92 Å². The fourth-order valence-electron chi connectivity index (χ4n) is 1.17. The van der Waals surface area contributed by atoms with Gasteiger partial charge in [0, 0.05) is 6.54 Å². The van der Waals surface area contributed by atoms with Crippen LogP contribution in [0.25, 0.3) is 0 Å². The summed E-state index contributed by atoms with van der Waals surface area (Å²) in [4.78, 5) is 0. The second-order valence-electron chi connectivity index (χ2n) is 3.18. The molecule has 3 unspecified atom stereocenters. The van der Waals surface area contributed by atoms with Gasteiger partial charge in [0.1, 0.15) is 0 Å². The summed E-state index contributed by atoms with van der Waals surface area (Å²) in [5.74, 6) is 0. The average molecular weight is 175 g/mol. The van der Waals surface area contributed by atoms with Gasteiger partial charge in [-0.2, -0.15) is 0 Å². The van der Waals surface area contributed by atoms with Gasteiger partial charge in [0.25, 0.3) is 0 Å². The van der Waals surface area contributed by atoms with Gasteiger partial charge in [0.15, 0.2) is 0 Å². The predicted molar refractivity (Wildman–Crippen MR) is 44.9 cm³/mol.